The van der Waals surface area contributed by atoms with Crippen LogP contribution in [0.5, 0.6) is 0 Å². The molecule has 1 aromatic rings. The Morgan fingerprint density at radius 2 is 2.05 bits per heavy atom. The molecule has 0 fully saturated rings. The van der Waals surface area contributed by atoms with Crippen LogP contribution in [0.2, 0.25) is 0 Å². The quantitative estimate of drug-likeness (QED) is 0.711. The zero-order chi connectivity index (χ0) is 14.3. The van der Waals surface area contributed by atoms with Gasteiger partial charge in [-0.1, -0.05) is 26.8 Å². The van der Waals surface area contributed by atoms with Crippen LogP contribution in [0.3, 0.4) is 0 Å². The van der Waals surface area contributed by atoms with Crippen LogP contribution < -0.4 is 10.2 Å². The molecule has 2 nitrogen and oxygen atoms in total. The summed E-state index contributed by atoms with van der Waals surface area (Å²) in [7, 11) is 2.16. The second kappa shape index (κ2) is 8.60. The van der Waals surface area contributed by atoms with Crippen molar-refractivity contribution in [3.05, 3.63) is 28.2 Å². The molecule has 0 aromatic heterocycles. The van der Waals surface area contributed by atoms with Crippen LogP contribution in [0.4, 0.5) is 5.69 Å². The zero-order valence-electron chi connectivity index (χ0n) is 12.7. The van der Waals surface area contributed by atoms with Crippen molar-refractivity contribution in [2.75, 3.05) is 25.0 Å². The molecule has 0 heterocycles. The maximum Gasteiger partial charge on any atom is 0.0508 e. The average molecular weight is 327 g/mol. The highest BCUT2D eigenvalue weighted by atomic mass is 79.9. The van der Waals surface area contributed by atoms with Crippen molar-refractivity contribution in [2.24, 2.45) is 5.92 Å². The number of hydrogen-bond acceptors (Lipinski definition) is 2. The van der Waals surface area contributed by atoms with Gasteiger partial charge in [0.05, 0.1) is 5.69 Å². The van der Waals surface area contributed by atoms with Gasteiger partial charge < -0.3 is 10.2 Å². The summed E-state index contributed by atoms with van der Waals surface area (Å²) in [6, 6.07) is 6.66. The van der Waals surface area contributed by atoms with E-state index in [4.69, 9.17) is 0 Å². The van der Waals surface area contributed by atoms with E-state index in [9.17, 15) is 0 Å². The SMILES string of the molecule is CCCNCc1ccc(N(C)CCC(C)C)c(Br)c1. The van der Waals surface area contributed by atoms with E-state index in [1.54, 1.807) is 0 Å². The Balaban J connectivity index is 2.60. The Labute approximate surface area is 126 Å². The third-order valence-electron chi connectivity index (χ3n) is 3.22. The van der Waals surface area contributed by atoms with Crippen molar-refractivity contribution in [3.63, 3.8) is 0 Å². The Kier molecular flexibility index (Phi) is 7.47. The van der Waals surface area contributed by atoms with Gasteiger partial charge in [0.1, 0.15) is 0 Å². The molecule has 0 unspecified atom stereocenters. The molecule has 0 radical (unpaired) electrons. The van der Waals surface area contributed by atoms with E-state index in [1.807, 2.05) is 0 Å². The van der Waals surface area contributed by atoms with Gasteiger partial charge in [0.2, 0.25) is 0 Å². The largest absolute Gasteiger partial charge is 0.374 e. The molecule has 0 amide bonds. The van der Waals surface area contributed by atoms with E-state index in [0.717, 1.165) is 25.6 Å². The van der Waals surface area contributed by atoms with Crippen LogP contribution in [-0.4, -0.2) is 20.1 Å². The minimum Gasteiger partial charge on any atom is -0.374 e. The first-order valence-electron chi connectivity index (χ1n) is 7.24. The molecule has 19 heavy (non-hydrogen) atoms. The van der Waals surface area contributed by atoms with Gasteiger partial charge in [-0.05, 0) is 58.9 Å². The molecule has 0 atom stereocenters. The minimum atomic E-state index is 0.749. The number of halogens is 1. The Morgan fingerprint density at radius 1 is 1.32 bits per heavy atom. The molecule has 0 saturated heterocycles. The number of nitrogens with zero attached hydrogens (tertiary/aromatic N) is 1. The lowest BCUT2D eigenvalue weighted by Crippen LogP contribution is -2.20. The second-order valence-corrected chi connectivity index (χ2v) is 6.42. The highest BCUT2D eigenvalue weighted by Crippen LogP contribution is 2.27. The molecule has 0 bridgehead atoms. The Bertz CT molecular complexity index is 377. The summed E-state index contributed by atoms with van der Waals surface area (Å²) in [4.78, 5) is 2.33. The van der Waals surface area contributed by atoms with Crippen molar-refractivity contribution < 1.29 is 0 Å². The lowest BCUT2D eigenvalue weighted by Gasteiger charge is -2.22. The lowest BCUT2D eigenvalue weighted by molar-refractivity contribution is 0.585. The summed E-state index contributed by atoms with van der Waals surface area (Å²) in [5.74, 6) is 0.749. The van der Waals surface area contributed by atoms with E-state index < -0.39 is 0 Å². The minimum absolute atomic E-state index is 0.749. The molecule has 0 spiro atoms. The standard InChI is InChI=1S/C16H27BrN2/c1-5-9-18-12-14-6-7-16(15(17)11-14)19(4)10-8-13(2)3/h6-7,11,13,18H,5,8-10,12H2,1-4H3. The molecule has 0 aliphatic rings. The number of hydrogen-bond donors (Lipinski definition) is 1. The third kappa shape index (κ3) is 5.96. The molecule has 1 rings (SSSR count). The van der Waals surface area contributed by atoms with Crippen molar-refractivity contribution in [3.8, 4) is 0 Å². The second-order valence-electron chi connectivity index (χ2n) is 5.57. The molecule has 1 N–H and O–H groups in total. The summed E-state index contributed by atoms with van der Waals surface area (Å²) >= 11 is 3.69. The van der Waals surface area contributed by atoms with Crippen LogP contribution in [-0.2, 0) is 6.54 Å². The summed E-state index contributed by atoms with van der Waals surface area (Å²) in [6.45, 7) is 9.85. The predicted molar refractivity (Wildman–Crippen MR) is 88.9 cm³/mol. The molecule has 3 heteroatoms. The van der Waals surface area contributed by atoms with E-state index in [0.29, 0.717) is 0 Å². The first kappa shape index (κ1) is 16.5. The van der Waals surface area contributed by atoms with Gasteiger partial charge in [-0.3, -0.25) is 0 Å². The number of rotatable bonds is 8. The number of benzene rings is 1. The van der Waals surface area contributed by atoms with Crippen LogP contribution in [0.25, 0.3) is 0 Å². The molecular formula is C16H27BrN2. The van der Waals surface area contributed by atoms with Gasteiger partial charge >= 0.3 is 0 Å². The monoisotopic (exact) mass is 326 g/mol. The summed E-state index contributed by atoms with van der Waals surface area (Å²) in [5.41, 5.74) is 2.61. The molecule has 0 saturated carbocycles. The van der Waals surface area contributed by atoms with E-state index in [2.05, 4.69) is 72.2 Å². The summed E-state index contributed by atoms with van der Waals surface area (Å²) < 4.78 is 1.19. The van der Waals surface area contributed by atoms with Crippen molar-refractivity contribution >= 4 is 21.6 Å². The lowest BCUT2D eigenvalue weighted by atomic mass is 10.1. The van der Waals surface area contributed by atoms with Gasteiger partial charge in [-0.2, -0.15) is 0 Å². The van der Waals surface area contributed by atoms with E-state index >= 15 is 0 Å². The smallest absolute Gasteiger partial charge is 0.0508 e. The molecule has 0 aliphatic carbocycles. The van der Waals surface area contributed by atoms with Crippen molar-refractivity contribution in [1.29, 1.82) is 0 Å². The maximum atomic E-state index is 3.69. The summed E-state index contributed by atoms with van der Waals surface area (Å²) in [6.07, 6.45) is 2.40. The first-order valence-corrected chi connectivity index (χ1v) is 8.04. The molecule has 1 aromatic carbocycles. The topological polar surface area (TPSA) is 15.3 Å². The van der Waals surface area contributed by atoms with Crippen LogP contribution >= 0.6 is 15.9 Å². The average Bonchev–Trinajstić information content (AvgIpc) is 2.36. The predicted octanol–water partition coefficient (Wildman–Crippen LogP) is 4.43. The van der Waals surface area contributed by atoms with E-state index in [-0.39, 0.29) is 0 Å². The number of anilines is 1. The van der Waals surface area contributed by atoms with Crippen LogP contribution in [0.1, 0.15) is 39.2 Å². The number of nitrogens with one attached hydrogen (secondary N) is 1. The highest BCUT2D eigenvalue weighted by Gasteiger charge is 2.07. The molecule has 0 aliphatic heterocycles. The third-order valence-corrected chi connectivity index (χ3v) is 3.86. The van der Waals surface area contributed by atoms with Gasteiger partial charge in [-0.15, -0.1) is 0 Å². The highest BCUT2D eigenvalue weighted by molar-refractivity contribution is 9.10. The van der Waals surface area contributed by atoms with Crippen molar-refractivity contribution in [2.45, 2.75) is 40.2 Å². The summed E-state index contributed by atoms with van der Waals surface area (Å²) in [5, 5.41) is 3.43. The van der Waals surface area contributed by atoms with Gasteiger partial charge in [0.25, 0.3) is 0 Å². The van der Waals surface area contributed by atoms with Crippen LogP contribution in [0.15, 0.2) is 22.7 Å². The van der Waals surface area contributed by atoms with Crippen LogP contribution in [0, 0.1) is 5.92 Å². The Hall–Kier alpha value is -0.540. The van der Waals surface area contributed by atoms with Gasteiger partial charge in [0, 0.05) is 24.6 Å². The first-order chi connectivity index (χ1) is 9.04. The Morgan fingerprint density at radius 3 is 2.63 bits per heavy atom. The molecule has 108 valence electrons. The molecular weight excluding hydrogens is 300 g/mol. The fourth-order valence-electron chi connectivity index (χ4n) is 1.95. The normalized spacial score (nSPS) is 11.1. The fourth-order valence-corrected chi connectivity index (χ4v) is 2.68. The van der Waals surface area contributed by atoms with E-state index in [1.165, 1.54) is 28.6 Å². The maximum absolute atomic E-state index is 3.69. The zero-order valence-corrected chi connectivity index (χ0v) is 14.3. The fraction of sp³-hybridized carbons (Fsp3) is 0.625. The van der Waals surface area contributed by atoms with Crippen molar-refractivity contribution in [1.82, 2.24) is 5.32 Å². The van der Waals surface area contributed by atoms with Gasteiger partial charge in [0.15, 0.2) is 0 Å². The van der Waals surface area contributed by atoms with Gasteiger partial charge in [-0.25, -0.2) is 0 Å².